The molecule has 142 valence electrons. The smallest absolute Gasteiger partial charge is 0.263 e. The molecule has 0 saturated carbocycles. The molecule has 1 aliphatic heterocycles. The largest absolute Gasteiger partial charge is 0.493 e. The zero-order valence-electron chi connectivity index (χ0n) is 15.6. The number of anilines is 3. The number of rotatable bonds is 6. The van der Waals surface area contributed by atoms with Crippen LogP contribution in [0.25, 0.3) is 0 Å². The Morgan fingerprint density at radius 2 is 1.86 bits per heavy atom. The summed E-state index contributed by atoms with van der Waals surface area (Å²) >= 11 is 0. The van der Waals surface area contributed by atoms with Crippen LogP contribution in [0.3, 0.4) is 0 Å². The molecule has 2 heterocycles. The number of para-hydroxylation sites is 3. The molecule has 0 spiro atoms. The number of methoxy groups -OCH3 is 1. The molecule has 0 aliphatic carbocycles. The lowest BCUT2D eigenvalue weighted by atomic mass is 10.2. The van der Waals surface area contributed by atoms with Crippen molar-refractivity contribution in [2.45, 2.75) is 6.42 Å². The summed E-state index contributed by atoms with van der Waals surface area (Å²) in [7, 11) is 1.56. The van der Waals surface area contributed by atoms with E-state index in [1.165, 1.54) is 11.3 Å². The number of nitrogens with one attached hydrogen (secondary N) is 1. The average Bonchev–Trinajstić information content (AvgIpc) is 3.17. The molecule has 1 aromatic heterocycles. The van der Waals surface area contributed by atoms with E-state index in [2.05, 4.69) is 33.4 Å². The second-order valence-electron chi connectivity index (χ2n) is 6.42. The fourth-order valence-electron chi connectivity index (χ4n) is 3.29. The number of pyridine rings is 1. The van der Waals surface area contributed by atoms with Gasteiger partial charge in [-0.2, -0.15) is 0 Å². The number of aromatic nitrogens is 1. The van der Waals surface area contributed by atoms with E-state index in [4.69, 9.17) is 9.47 Å². The Morgan fingerprint density at radius 3 is 2.64 bits per heavy atom. The van der Waals surface area contributed by atoms with E-state index in [1.54, 1.807) is 31.5 Å². The van der Waals surface area contributed by atoms with Crippen LogP contribution in [0.2, 0.25) is 0 Å². The van der Waals surface area contributed by atoms with Gasteiger partial charge in [0.15, 0.2) is 18.1 Å². The Morgan fingerprint density at radius 1 is 1.07 bits per heavy atom. The van der Waals surface area contributed by atoms with E-state index in [0.29, 0.717) is 17.3 Å². The SMILES string of the molecule is COc1ccccc1OCC(=O)Nc1ccc(N2CCc3ccccc32)cn1. The Balaban J connectivity index is 1.36. The second kappa shape index (κ2) is 8.00. The minimum absolute atomic E-state index is 0.122. The summed E-state index contributed by atoms with van der Waals surface area (Å²) in [6, 6.07) is 19.3. The molecule has 0 atom stereocenters. The highest BCUT2D eigenvalue weighted by Crippen LogP contribution is 2.34. The van der Waals surface area contributed by atoms with Crippen LogP contribution in [0.15, 0.2) is 66.9 Å². The van der Waals surface area contributed by atoms with Crippen LogP contribution >= 0.6 is 0 Å². The first-order valence-electron chi connectivity index (χ1n) is 9.12. The summed E-state index contributed by atoms with van der Waals surface area (Å²) in [6.45, 7) is 0.808. The number of fused-ring (bicyclic) bond motifs is 1. The Hall–Kier alpha value is -3.54. The standard InChI is InChI=1S/C22H21N3O3/c1-27-19-8-4-5-9-20(19)28-15-22(26)24-21-11-10-17(14-23-21)25-13-12-16-6-2-3-7-18(16)25/h2-11,14H,12-13,15H2,1H3,(H,23,24,26). The third kappa shape index (κ3) is 3.76. The number of hydrogen-bond donors (Lipinski definition) is 1. The van der Waals surface area contributed by atoms with Gasteiger partial charge in [-0.05, 0) is 42.3 Å². The first-order chi connectivity index (χ1) is 13.7. The van der Waals surface area contributed by atoms with Crippen LogP contribution in [-0.2, 0) is 11.2 Å². The van der Waals surface area contributed by atoms with Gasteiger partial charge in [-0.25, -0.2) is 4.98 Å². The van der Waals surface area contributed by atoms with Crippen LogP contribution in [0.1, 0.15) is 5.56 Å². The fraction of sp³-hybridized carbons (Fsp3) is 0.182. The number of amides is 1. The molecule has 0 fully saturated rings. The topological polar surface area (TPSA) is 63.7 Å². The van der Waals surface area contributed by atoms with Gasteiger partial charge in [0.05, 0.1) is 19.0 Å². The summed E-state index contributed by atoms with van der Waals surface area (Å²) in [5.74, 6) is 1.32. The molecule has 6 heteroatoms. The monoisotopic (exact) mass is 375 g/mol. The van der Waals surface area contributed by atoms with Crippen molar-refractivity contribution in [1.29, 1.82) is 0 Å². The van der Waals surface area contributed by atoms with Gasteiger partial charge in [0, 0.05) is 12.2 Å². The number of nitrogens with zero attached hydrogens (tertiary/aromatic N) is 2. The molecule has 0 unspecified atom stereocenters. The van der Waals surface area contributed by atoms with Crippen molar-refractivity contribution < 1.29 is 14.3 Å². The first-order valence-corrected chi connectivity index (χ1v) is 9.12. The molecule has 28 heavy (non-hydrogen) atoms. The van der Waals surface area contributed by atoms with Crippen molar-refractivity contribution in [1.82, 2.24) is 4.98 Å². The molecular weight excluding hydrogens is 354 g/mol. The van der Waals surface area contributed by atoms with E-state index >= 15 is 0 Å². The van der Waals surface area contributed by atoms with Crippen molar-refractivity contribution >= 4 is 23.1 Å². The van der Waals surface area contributed by atoms with E-state index in [0.717, 1.165) is 18.7 Å². The minimum Gasteiger partial charge on any atom is -0.493 e. The van der Waals surface area contributed by atoms with E-state index in [9.17, 15) is 4.79 Å². The predicted octanol–water partition coefficient (Wildman–Crippen LogP) is 3.80. The van der Waals surface area contributed by atoms with Gasteiger partial charge in [0.25, 0.3) is 5.91 Å². The van der Waals surface area contributed by atoms with Gasteiger partial charge in [0.2, 0.25) is 0 Å². The molecule has 0 saturated heterocycles. The van der Waals surface area contributed by atoms with Crippen molar-refractivity contribution in [2.75, 3.05) is 30.5 Å². The zero-order valence-corrected chi connectivity index (χ0v) is 15.6. The van der Waals surface area contributed by atoms with Gasteiger partial charge in [0.1, 0.15) is 5.82 Å². The van der Waals surface area contributed by atoms with Crippen molar-refractivity contribution in [3.8, 4) is 11.5 Å². The van der Waals surface area contributed by atoms with Crippen LogP contribution < -0.4 is 19.7 Å². The maximum atomic E-state index is 12.2. The van der Waals surface area contributed by atoms with Crippen LogP contribution in [0, 0.1) is 0 Å². The highest BCUT2D eigenvalue weighted by molar-refractivity contribution is 5.91. The van der Waals surface area contributed by atoms with Gasteiger partial charge in [-0.3, -0.25) is 4.79 Å². The van der Waals surface area contributed by atoms with Crippen molar-refractivity contribution in [3.63, 3.8) is 0 Å². The molecule has 1 amide bonds. The molecule has 4 rings (SSSR count). The molecular formula is C22H21N3O3. The van der Waals surface area contributed by atoms with E-state index in [1.807, 2.05) is 24.3 Å². The highest BCUT2D eigenvalue weighted by Gasteiger charge is 2.20. The lowest BCUT2D eigenvalue weighted by Gasteiger charge is -2.19. The molecule has 6 nitrogen and oxygen atoms in total. The number of carbonyl (C=O) groups is 1. The normalized spacial score (nSPS) is 12.4. The average molecular weight is 375 g/mol. The highest BCUT2D eigenvalue weighted by atomic mass is 16.5. The quantitative estimate of drug-likeness (QED) is 0.710. The summed E-state index contributed by atoms with van der Waals surface area (Å²) in [4.78, 5) is 18.8. The fourth-order valence-corrected chi connectivity index (χ4v) is 3.29. The van der Waals surface area contributed by atoms with Crippen LogP contribution in [-0.4, -0.2) is 31.2 Å². The zero-order chi connectivity index (χ0) is 19.3. The van der Waals surface area contributed by atoms with E-state index in [-0.39, 0.29) is 12.5 Å². The molecule has 2 aromatic carbocycles. The van der Waals surface area contributed by atoms with Crippen molar-refractivity contribution in [2.24, 2.45) is 0 Å². The molecule has 0 bridgehead atoms. The van der Waals surface area contributed by atoms with Gasteiger partial charge >= 0.3 is 0 Å². The maximum absolute atomic E-state index is 12.2. The van der Waals surface area contributed by atoms with Crippen LogP contribution in [0.5, 0.6) is 11.5 Å². The Bertz CT molecular complexity index is 973. The van der Waals surface area contributed by atoms with Gasteiger partial charge in [-0.1, -0.05) is 30.3 Å². The van der Waals surface area contributed by atoms with Gasteiger partial charge < -0.3 is 19.7 Å². The molecule has 1 aliphatic rings. The Labute approximate surface area is 163 Å². The number of hydrogen-bond acceptors (Lipinski definition) is 5. The third-order valence-corrected chi connectivity index (χ3v) is 4.64. The van der Waals surface area contributed by atoms with Gasteiger partial charge in [-0.15, -0.1) is 0 Å². The summed E-state index contributed by atoms with van der Waals surface area (Å²) < 4.78 is 10.7. The summed E-state index contributed by atoms with van der Waals surface area (Å²) in [5, 5.41) is 2.75. The van der Waals surface area contributed by atoms with Crippen LogP contribution in [0.4, 0.5) is 17.2 Å². The number of ether oxygens (including phenoxy) is 2. The molecule has 3 aromatic rings. The lowest BCUT2D eigenvalue weighted by molar-refractivity contribution is -0.118. The summed E-state index contributed by atoms with van der Waals surface area (Å²) in [6.07, 6.45) is 2.80. The minimum atomic E-state index is -0.280. The molecule has 1 N–H and O–H groups in total. The number of benzene rings is 2. The third-order valence-electron chi connectivity index (χ3n) is 4.64. The van der Waals surface area contributed by atoms with Crippen molar-refractivity contribution in [3.05, 3.63) is 72.4 Å². The lowest BCUT2D eigenvalue weighted by Crippen LogP contribution is -2.21. The maximum Gasteiger partial charge on any atom is 0.263 e. The number of carbonyl (C=O) groups excluding carboxylic acids is 1. The predicted molar refractivity (Wildman–Crippen MR) is 109 cm³/mol. The second-order valence-corrected chi connectivity index (χ2v) is 6.42. The first kappa shape index (κ1) is 17.9. The van der Waals surface area contributed by atoms with E-state index < -0.39 is 0 Å². The Kier molecular flexibility index (Phi) is 5.10. The molecule has 0 radical (unpaired) electrons. The summed E-state index contributed by atoms with van der Waals surface area (Å²) in [5.41, 5.74) is 3.56.